The van der Waals surface area contributed by atoms with Gasteiger partial charge in [0.1, 0.15) is 6.20 Å². The maximum Gasteiger partial charge on any atom is 0.287 e. The van der Waals surface area contributed by atoms with E-state index in [1.807, 2.05) is 30.3 Å². The molecule has 0 saturated heterocycles. The van der Waals surface area contributed by atoms with Gasteiger partial charge in [0.15, 0.2) is 0 Å². The minimum Gasteiger partial charge on any atom is -0.358 e. The van der Waals surface area contributed by atoms with Gasteiger partial charge in [-0.2, -0.15) is 0 Å². The van der Waals surface area contributed by atoms with E-state index in [1.165, 1.54) is 24.0 Å². The molecule has 22 heavy (non-hydrogen) atoms. The lowest BCUT2D eigenvalue weighted by Gasteiger charge is -2.14. The Morgan fingerprint density at radius 1 is 1.32 bits per heavy atom. The zero-order valence-electron chi connectivity index (χ0n) is 11.9. The summed E-state index contributed by atoms with van der Waals surface area (Å²) in [7, 11) is 1.59. The van der Waals surface area contributed by atoms with E-state index < -0.39 is 4.92 Å². The van der Waals surface area contributed by atoms with E-state index in [-0.39, 0.29) is 16.8 Å². The van der Waals surface area contributed by atoms with Gasteiger partial charge in [0.2, 0.25) is 5.91 Å². The molecule has 0 fully saturated rings. The highest BCUT2D eigenvalue weighted by molar-refractivity contribution is 8.00. The fourth-order valence-corrected chi connectivity index (χ4v) is 2.93. The maximum atomic E-state index is 12.0. The summed E-state index contributed by atoms with van der Waals surface area (Å²) in [6.07, 6.45) is 1.76. The first-order valence-electron chi connectivity index (χ1n) is 6.63. The molecule has 1 atom stereocenters. The number of nitrogens with one attached hydrogen (secondary N) is 1. The summed E-state index contributed by atoms with van der Waals surface area (Å²) >= 11 is 1.29. The summed E-state index contributed by atoms with van der Waals surface area (Å²) in [5.41, 5.74) is 0.981. The smallest absolute Gasteiger partial charge is 0.287 e. The molecule has 114 valence electrons. The van der Waals surface area contributed by atoms with Gasteiger partial charge in [0.05, 0.1) is 15.2 Å². The number of hydrogen-bond donors (Lipinski definition) is 1. The number of nitro groups is 1. The van der Waals surface area contributed by atoms with Crippen molar-refractivity contribution in [3.8, 4) is 0 Å². The van der Waals surface area contributed by atoms with Gasteiger partial charge < -0.3 is 5.32 Å². The molecular formula is C15H15N3O3S. The average Bonchev–Trinajstić information content (AvgIpc) is 2.55. The SMILES string of the molecule is CNC(=O)C(Cc1ccccc1)Sc1ccc([N+](=O)[O-])cn1. The standard InChI is InChI=1S/C15H15N3O3S/c1-16-15(19)13(9-11-5-3-2-4-6-11)22-14-8-7-12(10-17-14)18(20)21/h2-8,10,13H,9H2,1H3,(H,16,19). The number of amides is 1. The molecule has 2 aromatic rings. The van der Waals surface area contributed by atoms with Crippen molar-refractivity contribution < 1.29 is 9.72 Å². The first kappa shape index (κ1) is 16.0. The Hall–Kier alpha value is -2.41. The van der Waals surface area contributed by atoms with Crippen molar-refractivity contribution in [2.45, 2.75) is 16.7 Å². The van der Waals surface area contributed by atoms with E-state index in [9.17, 15) is 14.9 Å². The van der Waals surface area contributed by atoms with E-state index in [1.54, 1.807) is 13.1 Å². The Morgan fingerprint density at radius 3 is 2.59 bits per heavy atom. The molecule has 7 heteroatoms. The van der Waals surface area contributed by atoms with E-state index in [2.05, 4.69) is 10.3 Å². The van der Waals surface area contributed by atoms with Crippen molar-refractivity contribution in [3.63, 3.8) is 0 Å². The quantitative estimate of drug-likeness (QED) is 0.502. The summed E-state index contributed by atoms with van der Waals surface area (Å²) in [6, 6.07) is 12.6. The number of rotatable bonds is 6. The molecule has 0 spiro atoms. The third-order valence-electron chi connectivity index (χ3n) is 3.00. The molecule has 2 rings (SSSR count). The van der Waals surface area contributed by atoms with Crippen LogP contribution in [-0.4, -0.2) is 28.1 Å². The van der Waals surface area contributed by atoms with Crippen LogP contribution in [0.3, 0.4) is 0 Å². The van der Waals surface area contributed by atoms with E-state index in [0.717, 1.165) is 5.56 Å². The van der Waals surface area contributed by atoms with Crippen LogP contribution < -0.4 is 5.32 Å². The molecule has 1 aromatic heterocycles. The Labute approximate surface area is 132 Å². The summed E-state index contributed by atoms with van der Waals surface area (Å²) in [4.78, 5) is 26.2. The Morgan fingerprint density at radius 2 is 2.05 bits per heavy atom. The number of carbonyl (C=O) groups is 1. The molecule has 0 aliphatic rings. The molecule has 0 bridgehead atoms. The van der Waals surface area contributed by atoms with E-state index in [4.69, 9.17) is 0 Å². The number of carbonyl (C=O) groups excluding carboxylic acids is 1. The maximum absolute atomic E-state index is 12.0. The molecule has 1 amide bonds. The first-order valence-corrected chi connectivity index (χ1v) is 7.50. The van der Waals surface area contributed by atoms with Crippen LogP contribution in [0.1, 0.15) is 5.56 Å². The molecule has 0 radical (unpaired) electrons. The monoisotopic (exact) mass is 317 g/mol. The zero-order valence-corrected chi connectivity index (χ0v) is 12.7. The molecule has 1 N–H and O–H groups in total. The molecule has 1 unspecified atom stereocenters. The Balaban J connectivity index is 2.12. The number of benzene rings is 1. The van der Waals surface area contributed by atoms with E-state index in [0.29, 0.717) is 11.4 Å². The van der Waals surface area contributed by atoms with Crippen molar-refractivity contribution in [3.05, 3.63) is 64.3 Å². The van der Waals surface area contributed by atoms with Gasteiger partial charge in [0, 0.05) is 13.1 Å². The number of thioether (sulfide) groups is 1. The molecule has 1 aromatic carbocycles. The fraction of sp³-hybridized carbons (Fsp3) is 0.200. The second-order valence-electron chi connectivity index (χ2n) is 4.52. The highest BCUT2D eigenvalue weighted by Crippen LogP contribution is 2.25. The van der Waals surface area contributed by atoms with Crippen molar-refractivity contribution in [2.75, 3.05) is 7.05 Å². The normalized spacial score (nSPS) is 11.7. The topological polar surface area (TPSA) is 85.1 Å². The number of aromatic nitrogens is 1. The zero-order chi connectivity index (χ0) is 15.9. The fourth-order valence-electron chi connectivity index (χ4n) is 1.87. The average molecular weight is 317 g/mol. The number of pyridine rings is 1. The van der Waals surface area contributed by atoms with Crippen LogP contribution in [0, 0.1) is 10.1 Å². The third-order valence-corrected chi connectivity index (χ3v) is 4.15. The molecule has 0 aliphatic carbocycles. The van der Waals surface area contributed by atoms with Crippen molar-refractivity contribution in [2.24, 2.45) is 0 Å². The predicted molar refractivity (Wildman–Crippen MR) is 84.7 cm³/mol. The van der Waals surface area contributed by atoms with Gasteiger partial charge in [-0.05, 0) is 18.1 Å². The Bertz CT molecular complexity index is 647. The highest BCUT2D eigenvalue weighted by Gasteiger charge is 2.20. The van der Waals surface area contributed by atoms with Gasteiger partial charge in [-0.3, -0.25) is 14.9 Å². The highest BCUT2D eigenvalue weighted by atomic mass is 32.2. The van der Waals surface area contributed by atoms with Crippen LogP contribution in [0.15, 0.2) is 53.7 Å². The Kier molecular flexibility index (Phi) is 5.48. The van der Waals surface area contributed by atoms with Gasteiger partial charge in [-0.15, -0.1) is 0 Å². The van der Waals surface area contributed by atoms with Crippen LogP contribution in [0.25, 0.3) is 0 Å². The van der Waals surface area contributed by atoms with Gasteiger partial charge >= 0.3 is 0 Å². The summed E-state index contributed by atoms with van der Waals surface area (Å²) in [5, 5.41) is 13.5. The van der Waals surface area contributed by atoms with Crippen LogP contribution in [-0.2, 0) is 11.2 Å². The lowest BCUT2D eigenvalue weighted by Crippen LogP contribution is -2.31. The second kappa shape index (κ2) is 7.56. The third kappa shape index (κ3) is 4.29. The predicted octanol–water partition coefficient (Wildman–Crippen LogP) is 2.44. The number of nitrogens with zero attached hydrogens (tertiary/aromatic N) is 2. The van der Waals surface area contributed by atoms with E-state index >= 15 is 0 Å². The lowest BCUT2D eigenvalue weighted by atomic mass is 10.1. The molecule has 1 heterocycles. The van der Waals surface area contributed by atoms with Crippen molar-refractivity contribution >= 4 is 23.4 Å². The molecule has 0 aliphatic heterocycles. The van der Waals surface area contributed by atoms with Crippen LogP contribution in [0.5, 0.6) is 0 Å². The summed E-state index contributed by atoms with van der Waals surface area (Å²) in [6.45, 7) is 0. The molecular weight excluding hydrogens is 302 g/mol. The van der Waals surface area contributed by atoms with Crippen molar-refractivity contribution in [1.82, 2.24) is 10.3 Å². The lowest BCUT2D eigenvalue weighted by molar-refractivity contribution is -0.385. The largest absolute Gasteiger partial charge is 0.358 e. The molecule has 6 nitrogen and oxygen atoms in total. The van der Waals surface area contributed by atoms with Crippen LogP contribution in [0.2, 0.25) is 0 Å². The minimum absolute atomic E-state index is 0.0658. The summed E-state index contributed by atoms with van der Waals surface area (Å²) in [5.74, 6) is -0.103. The van der Waals surface area contributed by atoms with Gasteiger partial charge in [0.25, 0.3) is 5.69 Å². The minimum atomic E-state index is -0.498. The number of hydrogen-bond acceptors (Lipinski definition) is 5. The van der Waals surface area contributed by atoms with Crippen LogP contribution in [0.4, 0.5) is 5.69 Å². The first-order chi connectivity index (χ1) is 10.6. The van der Waals surface area contributed by atoms with Crippen molar-refractivity contribution in [1.29, 1.82) is 0 Å². The van der Waals surface area contributed by atoms with Gasteiger partial charge in [-0.1, -0.05) is 42.1 Å². The van der Waals surface area contributed by atoms with Crippen LogP contribution >= 0.6 is 11.8 Å². The molecule has 0 saturated carbocycles. The van der Waals surface area contributed by atoms with Gasteiger partial charge in [-0.25, -0.2) is 4.98 Å². The second-order valence-corrected chi connectivity index (χ2v) is 5.75. The summed E-state index contributed by atoms with van der Waals surface area (Å²) < 4.78 is 0.